The Bertz CT molecular complexity index is 1360. The van der Waals surface area contributed by atoms with E-state index in [1.54, 1.807) is 42.5 Å². The molecule has 1 saturated heterocycles. The lowest BCUT2D eigenvalue weighted by molar-refractivity contribution is -0.123. The number of nitrogens with one attached hydrogen (secondary N) is 1. The molecule has 2 bridgehead atoms. The Kier molecular flexibility index (Phi) is 5.42. The molecule has 0 aromatic heterocycles. The van der Waals surface area contributed by atoms with Crippen molar-refractivity contribution in [2.45, 2.75) is 18.8 Å². The molecule has 2 saturated carbocycles. The van der Waals surface area contributed by atoms with Crippen LogP contribution in [0.25, 0.3) is 0 Å². The van der Waals surface area contributed by atoms with Crippen LogP contribution in [-0.2, 0) is 9.59 Å². The SMILES string of the molecule is O=C(Nc1ccc(Cl)c(Cl)c1)c1cccc(N2C(=O)[C@@H]3[C@H]4C[C@H]([C@H]3C2=O)[C@H](c2ccccc2)C4)c1. The molecule has 0 spiro atoms. The Morgan fingerprint density at radius 1 is 0.829 bits per heavy atom. The third-order valence-corrected chi connectivity index (χ3v) is 8.53. The second-order valence-electron chi connectivity index (χ2n) is 9.61. The fourth-order valence-corrected chi connectivity index (χ4v) is 6.66. The van der Waals surface area contributed by atoms with Gasteiger partial charge in [-0.25, -0.2) is 0 Å². The summed E-state index contributed by atoms with van der Waals surface area (Å²) in [6.07, 6.45) is 1.86. The molecule has 3 aliphatic rings. The van der Waals surface area contributed by atoms with Crippen molar-refractivity contribution in [1.82, 2.24) is 0 Å². The van der Waals surface area contributed by atoms with E-state index in [2.05, 4.69) is 17.4 Å². The second-order valence-corrected chi connectivity index (χ2v) is 10.4. The maximum absolute atomic E-state index is 13.6. The van der Waals surface area contributed by atoms with Gasteiger partial charge in [0.1, 0.15) is 0 Å². The molecule has 0 radical (unpaired) electrons. The number of hydrogen-bond donors (Lipinski definition) is 1. The minimum atomic E-state index is -0.367. The zero-order chi connectivity index (χ0) is 24.3. The van der Waals surface area contributed by atoms with E-state index in [1.807, 2.05) is 18.2 Å². The predicted octanol–water partition coefficient (Wildman–Crippen LogP) is 6.17. The number of hydrogen-bond acceptors (Lipinski definition) is 3. The quantitative estimate of drug-likeness (QED) is 0.431. The van der Waals surface area contributed by atoms with Crippen molar-refractivity contribution in [3.05, 3.63) is 94.0 Å². The molecule has 3 fully saturated rings. The molecule has 7 heteroatoms. The zero-order valence-corrected chi connectivity index (χ0v) is 20.2. The van der Waals surface area contributed by atoms with E-state index in [0.29, 0.717) is 32.9 Å². The molecule has 2 aliphatic carbocycles. The summed E-state index contributed by atoms with van der Waals surface area (Å²) in [7, 11) is 0. The van der Waals surface area contributed by atoms with Gasteiger partial charge < -0.3 is 5.32 Å². The molecular weight excluding hydrogens is 483 g/mol. The number of benzene rings is 3. The number of imide groups is 1. The van der Waals surface area contributed by atoms with E-state index in [0.717, 1.165) is 12.8 Å². The Hall–Kier alpha value is -3.15. The highest BCUT2D eigenvalue weighted by Crippen LogP contribution is 2.61. The van der Waals surface area contributed by atoms with Gasteiger partial charge in [-0.3, -0.25) is 19.3 Å². The van der Waals surface area contributed by atoms with Crippen LogP contribution in [0, 0.1) is 23.7 Å². The summed E-state index contributed by atoms with van der Waals surface area (Å²) in [6, 6.07) is 21.8. The van der Waals surface area contributed by atoms with Crippen LogP contribution in [0.5, 0.6) is 0 Å². The first-order valence-electron chi connectivity index (χ1n) is 11.7. The van der Waals surface area contributed by atoms with Gasteiger partial charge in [-0.15, -0.1) is 0 Å². The van der Waals surface area contributed by atoms with Crippen LogP contribution in [0.4, 0.5) is 11.4 Å². The molecule has 1 N–H and O–H groups in total. The van der Waals surface area contributed by atoms with Crippen molar-refractivity contribution in [1.29, 1.82) is 0 Å². The van der Waals surface area contributed by atoms with Gasteiger partial charge in [-0.1, -0.05) is 59.6 Å². The predicted molar refractivity (Wildman–Crippen MR) is 136 cm³/mol. The largest absolute Gasteiger partial charge is 0.322 e. The van der Waals surface area contributed by atoms with Crippen molar-refractivity contribution >= 4 is 52.3 Å². The molecule has 3 aromatic rings. The summed E-state index contributed by atoms with van der Waals surface area (Å²) in [5.74, 6) is -0.499. The molecular formula is C28H22Cl2N2O3. The van der Waals surface area contributed by atoms with Crippen LogP contribution >= 0.6 is 23.2 Å². The van der Waals surface area contributed by atoms with Gasteiger partial charge in [0.05, 0.1) is 27.6 Å². The highest BCUT2D eigenvalue weighted by molar-refractivity contribution is 6.42. The van der Waals surface area contributed by atoms with E-state index in [4.69, 9.17) is 23.2 Å². The third kappa shape index (κ3) is 3.65. The van der Waals surface area contributed by atoms with E-state index >= 15 is 0 Å². The van der Waals surface area contributed by atoms with E-state index in [-0.39, 0.29) is 41.4 Å². The van der Waals surface area contributed by atoms with Crippen LogP contribution in [0.15, 0.2) is 72.8 Å². The molecule has 5 nitrogen and oxygen atoms in total. The van der Waals surface area contributed by atoms with Gasteiger partial charge in [-0.2, -0.15) is 0 Å². The van der Waals surface area contributed by atoms with Gasteiger partial charge in [0.2, 0.25) is 11.8 Å². The molecule has 0 unspecified atom stereocenters. The summed E-state index contributed by atoms with van der Waals surface area (Å²) < 4.78 is 0. The number of amides is 3. The van der Waals surface area contributed by atoms with Gasteiger partial charge in [0.15, 0.2) is 0 Å². The van der Waals surface area contributed by atoms with Crippen molar-refractivity contribution in [2.24, 2.45) is 23.7 Å². The van der Waals surface area contributed by atoms with Crippen LogP contribution in [0.3, 0.4) is 0 Å². The average Bonchev–Trinajstić information content (AvgIpc) is 3.53. The molecule has 3 aromatic carbocycles. The molecule has 3 amide bonds. The average molecular weight is 505 g/mol. The topological polar surface area (TPSA) is 66.5 Å². The molecule has 5 atom stereocenters. The lowest BCUT2D eigenvalue weighted by atomic mass is 9.73. The van der Waals surface area contributed by atoms with Crippen LogP contribution in [-0.4, -0.2) is 17.7 Å². The van der Waals surface area contributed by atoms with Crippen molar-refractivity contribution in [3.8, 4) is 0 Å². The third-order valence-electron chi connectivity index (χ3n) is 7.79. The van der Waals surface area contributed by atoms with Crippen molar-refractivity contribution in [3.63, 3.8) is 0 Å². The fourth-order valence-electron chi connectivity index (χ4n) is 6.36. The van der Waals surface area contributed by atoms with Crippen LogP contribution < -0.4 is 10.2 Å². The Balaban J connectivity index is 1.25. The van der Waals surface area contributed by atoms with Gasteiger partial charge >= 0.3 is 0 Å². The van der Waals surface area contributed by atoms with Gasteiger partial charge in [-0.05, 0) is 72.6 Å². The van der Waals surface area contributed by atoms with Crippen molar-refractivity contribution < 1.29 is 14.4 Å². The molecule has 176 valence electrons. The molecule has 1 heterocycles. The number of fused-ring (bicyclic) bond motifs is 5. The number of anilines is 2. The summed E-state index contributed by atoms with van der Waals surface area (Å²) in [6.45, 7) is 0. The Labute approximate surface area is 213 Å². The van der Waals surface area contributed by atoms with Crippen molar-refractivity contribution in [2.75, 3.05) is 10.2 Å². The van der Waals surface area contributed by atoms with E-state index < -0.39 is 0 Å². The number of halogens is 2. The Morgan fingerprint density at radius 2 is 1.60 bits per heavy atom. The molecule has 35 heavy (non-hydrogen) atoms. The number of carbonyl (C=O) groups is 3. The minimum absolute atomic E-state index is 0.138. The standard InChI is InChI=1S/C28H22Cl2N2O3/c29-22-10-9-18(14-23(22)30)31-26(33)16-7-4-8-19(11-16)32-27(34)24-17-12-20(15-5-2-1-3-6-15)21(13-17)25(24)28(32)35/h1-11,14,17,20-21,24-25H,12-13H2,(H,31,33)/t17-,20+,21+,24-,25-/m1/s1. The summed E-state index contributed by atoms with van der Waals surface area (Å²) >= 11 is 12.0. The summed E-state index contributed by atoms with van der Waals surface area (Å²) in [5, 5.41) is 3.51. The minimum Gasteiger partial charge on any atom is -0.322 e. The number of nitrogens with zero attached hydrogens (tertiary/aromatic N) is 1. The monoisotopic (exact) mass is 504 g/mol. The number of carbonyl (C=O) groups excluding carboxylic acids is 3. The summed E-state index contributed by atoms with van der Waals surface area (Å²) in [5.41, 5.74) is 2.53. The smallest absolute Gasteiger partial charge is 0.255 e. The summed E-state index contributed by atoms with van der Waals surface area (Å²) in [4.78, 5) is 41.2. The normalized spacial score (nSPS) is 26.8. The van der Waals surface area contributed by atoms with Crippen LogP contribution in [0.1, 0.15) is 34.7 Å². The fraction of sp³-hybridized carbons (Fsp3) is 0.250. The Morgan fingerprint density at radius 3 is 2.37 bits per heavy atom. The van der Waals surface area contributed by atoms with E-state index in [9.17, 15) is 14.4 Å². The van der Waals surface area contributed by atoms with E-state index in [1.165, 1.54) is 10.5 Å². The first kappa shape index (κ1) is 22.3. The first-order valence-corrected chi connectivity index (χ1v) is 12.5. The van der Waals surface area contributed by atoms with Crippen LogP contribution in [0.2, 0.25) is 10.0 Å². The van der Waals surface area contributed by atoms with Gasteiger partial charge in [0, 0.05) is 11.3 Å². The molecule has 1 aliphatic heterocycles. The highest BCUT2D eigenvalue weighted by Gasteiger charge is 2.64. The first-order chi connectivity index (χ1) is 16.9. The highest BCUT2D eigenvalue weighted by atomic mass is 35.5. The number of rotatable bonds is 4. The maximum Gasteiger partial charge on any atom is 0.255 e. The maximum atomic E-state index is 13.6. The molecule has 6 rings (SSSR count). The lowest BCUT2D eigenvalue weighted by Crippen LogP contribution is -2.33. The lowest BCUT2D eigenvalue weighted by Gasteiger charge is -2.28. The zero-order valence-electron chi connectivity index (χ0n) is 18.7. The second kappa shape index (κ2) is 8.51. The van der Waals surface area contributed by atoms with Gasteiger partial charge in [0.25, 0.3) is 5.91 Å².